The average Bonchev–Trinajstić information content (AvgIpc) is 2.86. The van der Waals surface area contributed by atoms with Gasteiger partial charge in [0.05, 0.1) is 21.8 Å². The van der Waals surface area contributed by atoms with E-state index in [-0.39, 0.29) is 27.3 Å². The summed E-state index contributed by atoms with van der Waals surface area (Å²) in [4.78, 5) is 23.8. The van der Waals surface area contributed by atoms with E-state index in [2.05, 4.69) is 10.4 Å². The molecule has 1 aliphatic rings. The second-order valence-electron chi connectivity index (χ2n) is 5.76. The molecule has 2 N–H and O–H groups in total. The molecule has 9 nitrogen and oxygen atoms in total. The number of ether oxygens (including phenoxy) is 1. The molecule has 0 unspecified atom stereocenters. The first-order valence-corrected chi connectivity index (χ1v) is 9.33. The number of aromatic nitrogens is 2. The van der Waals surface area contributed by atoms with E-state index in [1.54, 1.807) is 13.8 Å². The van der Waals surface area contributed by atoms with E-state index in [1.165, 1.54) is 30.1 Å². The Balaban J connectivity index is 1.96. The standard InChI is InChI=1S/C15H15ClN4O5S/c1-7-4-10-11(25-8(2)14(21)18-10)5-12(7)26(23,24)19-15(22)13-9(16)6-17-20(13)3/h4-6,8H,1-3H3,(H,18,21)(H,19,22)/t8-/m1/s1. The fraction of sp³-hybridized carbons (Fsp3) is 0.267. The van der Waals surface area contributed by atoms with Gasteiger partial charge in [-0.1, -0.05) is 11.6 Å². The van der Waals surface area contributed by atoms with Gasteiger partial charge in [-0.05, 0) is 25.5 Å². The van der Waals surface area contributed by atoms with Crippen molar-refractivity contribution in [2.45, 2.75) is 24.8 Å². The van der Waals surface area contributed by atoms with Crippen molar-refractivity contribution in [3.05, 3.63) is 34.6 Å². The highest BCUT2D eigenvalue weighted by Crippen LogP contribution is 2.34. The summed E-state index contributed by atoms with van der Waals surface area (Å²) >= 11 is 5.87. The van der Waals surface area contributed by atoms with Crippen LogP contribution in [0.1, 0.15) is 23.0 Å². The third-order valence-corrected chi connectivity index (χ3v) is 5.58. The van der Waals surface area contributed by atoms with Crippen molar-refractivity contribution < 1.29 is 22.7 Å². The van der Waals surface area contributed by atoms with E-state index in [4.69, 9.17) is 16.3 Å². The second-order valence-corrected chi connectivity index (χ2v) is 7.82. The number of halogens is 1. The summed E-state index contributed by atoms with van der Waals surface area (Å²) in [5.74, 6) is -1.03. The maximum atomic E-state index is 12.7. The molecule has 1 aromatic heterocycles. The minimum Gasteiger partial charge on any atom is -0.479 e. The molecule has 1 atom stereocenters. The highest BCUT2D eigenvalue weighted by molar-refractivity contribution is 7.90. The number of carbonyl (C=O) groups excluding carboxylic acids is 2. The zero-order valence-electron chi connectivity index (χ0n) is 14.0. The summed E-state index contributed by atoms with van der Waals surface area (Å²) in [7, 11) is -2.74. The molecule has 2 aromatic rings. The first-order chi connectivity index (χ1) is 12.1. The molecule has 0 saturated heterocycles. The van der Waals surface area contributed by atoms with E-state index in [9.17, 15) is 18.0 Å². The fourth-order valence-corrected chi connectivity index (χ4v) is 3.97. The molecule has 0 bridgehead atoms. The van der Waals surface area contributed by atoms with Crippen LogP contribution in [0.3, 0.4) is 0 Å². The molecule has 2 amide bonds. The number of anilines is 1. The zero-order chi connectivity index (χ0) is 19.2. The SMILES string of the molecule is Cc1cc2c(cc1S(=O)(=O)NC(=O)c1c(Cl)cnn1C)O[C@H](C)C(=O)N2. The van der Waals surface area contributed by atoms with Gasteiger partial charge in [0.1, 0.15) is 11.4 Å². The molecule has 0 spiro atoms. The quantitative estimate of drug-likeness (QED) is 0.802. The van der Waals surface area contributed by atoms with Crippen molar-refractivity contribution in [2.75, 3.05) is 5.32 Å². The summed E-state index contributed by atoms with van der Waals surface area (Å²) in [6.07, 6.45) is 0.481. The smallest absolute Gasteiger partial charge is 0.284 e. The van der Waals surface area contributed by atoms with Gasteiger partial charge in [-0.3, -0.25) is 14.3 Å². The number of fused-ring (bicyclic) bond motifs is 1. The molecule has 26 heavy (non-hydrogen) atoms. The van der Waals surface area contributed by atoms with Crippen LogP contribution >= 0.6 is 11.6 Å². The molecule has 2 heterocycles. The largest absolute Gasteiger partial charge is 0.479 e. The monoisotopic (exact) mass is 398 g/mol. The van der Waals surface area contributed by atoms with Crippen LogP contribution < -0.4 is 14.8 Å². The lowest BCUT2D eigenvalue weighted by atomic mass is 10.1. The van der Waals surface area contributed by atoms with Crippen LogP contribution in [-0.2, 0) is 21.9 Å². The normalized spacial score (nSPS) is 16.5. The van der Waals surface area contributed by atoms with Crippen LogP contribution in [-0.4, -0.2) is 36.1 Å². The Morgan fingerprint density at radius 2 is 2.12 bits per heavy atom. The van der Waals surface area contributed by atoms with Gasteiger partial charge in [0.2, 0.25) is 0 Å². The van der Waals surface area contributed by atoms with Crippen LogP contribution in [0.5, 0.6) is 5.75 Å². The molecule has 1 aliphatic heterocycles. The minimum absolute atomic E-state index is 0.0298. The summed E-state index contributed by atoms with van der Waals surface area (Å²) in [5, 5.41) is 6.46. The Bertz CT molecular complexity index is 1010. The van der Waals surface area contributed by atoms with Gasteiger partial charge in [-0.2, -0.15) is 5.10 Å². The lowest BCUT2D eigenvalue weighted by Gasteiger charge is -2.24. The molecule has 0 radical (unpaired) electrons. The van der Waals surface area contributed by atoms with Crippen molar-refractivity contribution in [3.8, 4) is 5.75 Å². The highest BCUT2D eigenvalue weighted by atomic mass is 35.5. The molecule has 0 aliphatic carbocycles. The summed E-state index contributed by atoms with van der Waals surface area (Å²) in [5.41, 5.74) is 0.618. The van der Waals surface area contributed by atoms with E-state index < -0.39 is 22.0 Å². The maximum Gasteiger partial charge on any atom is 0.284 e. The molecular formula is C15H15ClN4O5S. The number of sulfonamides is 1. The zero-order valence-corrected chi connectivity index (χ0v) is 15.6. The van der Waals surface area contributed by atoms with Crippen molar-refractivity contribution in [1.82, 2.24) is 14.5 Å². The van der Waals surface area contributed by atoms with Crippen LogP contribution in [0.4, 0.5) is 5.69 Å². The van der Waals surface area contributed by atoms with Crippen molar-refractivity contribution in [3.63, 3.8) is 0 Å². The predicted molar refractivity (Wildman–Crippen MR) is 92.8 cm³/mol. The summed E-state index contributed by atoms with van der Waals surface area (Å²) < 4.78 is 33.9. The highest BCUT2D eigenvalue weighted by Gasteiger charge is 2.29. The van der Waals surface area contributed by atoms with E-state index in [0.29, 0.717) is 11.3 Å². The molecule has 0 fully saturated rings. The molecule has 3 rings (SSSR count). The van der Waals surface area contributed by atoms with Gasteiger partial charge >= 0.3 is 0 Å². The van der Waals surface area contributed by atoms with E-state index >= 15 is 0 Å². The average molecular weight is 399 g/mol. The Morgan fingerprint density at radius 3 is 2.73 bits per heavy atom. The van der Waals surface area contributed by atoms with Crippen molar-refractivity contribution in [1.29, 1.82) is 0 Å². The number of hydrogen-bond acceptors (Lipinski definition) is 6. The minimum atomic E-state index is -4.21. The number of rotatable bonds is 3. The molecular weight excluding hydrogens is 384 g/mol. The molecule has 0 saturated carbocycles. The van der Waals surface area contributed by atoms with Crippen LogP contribution in [0.15, 0.2) is 23.2 Å². The van der Waals surface area contributed by atoms with Crippen LogP contribution in [0.2, 0.25) is 5.02 Å². The molecule has 11 heteroatoms. The van der Waals surface area contributed by atoms with Crippen LogP contribution in [0.25, 0.3) is 0 Å². The number of carbonyl (C=O) groups is 2. The van der Waals surface area contributed by atoms with Gasteiger partial charge in [0, 0.05) is 13.1 Å². The Morgan fingerprint density at radius 1 is 1.42 bits per heavy atom. The fourth-order valence-electron chi connectivity index (χ4n) is 2.52. The number of nitrogens with zero attached hydrogens (tertiary/aromatic N) is 2. The number of hydrogen-bond donors (Lipinski definition) is 2. The lowest BCUT2D eigenvalue weighted by molar-refractivity contribution is -0.122. The van der Waals surface area contributed by atoms with Gasteiger partial charge in [0.25, 0.3) is 21.8 Å². The second kappa shape index (κ2) is 6.29. The first-order valence-electron chi connectivity index (χ1n) is 7.47. The summed E-state index contributed by atoms with van der Waals surface area (Å²) in [6, 6.07) is 2.73. The van der Waals surface area contributed by atoms with Crippen molar-refractivity contribution >= 4 is 39.1 Å². The Kier molecular flexibility index (Phi) is 4.41. The third-order valence-electron chi connectivity index (χ3n) is 3.83. The third kappa shape index (κ3) is 3.13. The Labute approximate surface area is 154 Å². The van der Waals surface area contributed by atoms with Gasteiger partial charge in [-0.25, -0.2) is 13.1 Å². The topological polar surface area (TPSA) is 119 Å². The maximum absolute atomic E-state index is 12.7. The van der Waals surface area contributed by atoms with E-state index in [1.807, 2.05) is 4.72 Å². The number of aryl methyl sites for hydroxylation is 2. The van der Waals surface area contributed by atoms with Crippen LogP contribution in [0, 0.1) is 6.92 Å². The molecule has 138 valence electrons. The molecule has 1 aromatic carbocycles. The van der Waals surface area contributed by atoms with Gasteiger partial charge < -0.3 is 10.1 Å². The number of benzene rings is 1. The predicted octanol–water partition coefficient (Wildman–Crippen LogP) is 1.22. The number of amides is 2. The summed E-state index contributed by atoms with van der Waals surface area (Å²) in [6.45, 7) is 3.08. The number of nitrogens with one attached hydrogen (secondary N) is 2. The Hall–Kier alpha value is -2.59. The van der Waals surface area contributed by atoms with E-state index in [0.717, 1.165) is 0 Å². The van der Waals surface area contributed by atoms with Gasteiger partial charge in [0.15, 0.2) is 6.10 Å². The van der Waals surface area contributed by atoms with Gasteiger partial charge in [-0.15, -0.1) is 0 Å². The lowest BCUT2D eigenvalue weighted by Crippen LogP contribution is -2.35. The first kappa shape index (κ1) is 18.2. The van der Waals surface area contributed by atoms with Crippen molar-refractivity contribution in [2.24, 2.45) is 7.05 Å².